The smallest absolute Gasteiger partial charge is 0.451 e. The van der Waals surface area contributed by atoms with E-state index < -0.39 is 12.0 Å². The molecule has 1 saturated carbocycles. The van der Waals surface area contributed by atoms with Crippen molar-refractivity contribution in [3.8, 4) is 5.75 Å². The number of fused-ring (bicyclic) bond motifs is 1. The molecule has 12 heteroatoms. The lowest BCUT2D eigenvalue weighted by Gasteiger charge is -2.38. The highest BCUT2D eigenvalue weighted by Gasteiger charge is 2.37. The van der Waals surface area contributed by atoms with Gasteiger partial charge in [-0.25, -0.2) is 15.0 Å². The Balaban J connectivity index is 1.32. The maximum absolute atomic E-state index is 12.5. The van der Waals surface area contributed by atoms with Gasteiger partial charge in [0.05, 0.1) is 24.7 Å². The molecule has 1 unspecified atom stereocenters. The zero-order valence-electron chi connectivity index (χ0n) is 18.8. The molecule has 4 rings (SSSR count). The number of ether oxygens (including phenoxy) is 1. The first-order valence-corrected chi connectivity index (χ1v) is 10.7. The van der Waals surface area contributed by atoms with Crippen molar-refractivity contribution in [2.24, 2.45) is 11.8 Å². The summed E-state index contributed by atoms with van der Waals surface area (Å²) in [5, 5.41) is 6.26. The monoisotopic (exact) mass is 465 g/mol. The van der Waals surface area contributed by atoms with Crippen LogP contribution >= 0.6 is 0 Å². The minimum Gasteiger partial charge on any atom is -0.490 e. The summed E-state index contributed by atoms with van der Waals surface area (Å²) in [4.78, 5) is 30.1. The van der Waals surface area contributed by atoms with Crippen LogP contribution in [0.15, 0.2) is 12.4 Å². The number of hydrogen-bond donors (Lipinski definition) is 2. The molecule has 2 aromatic rings. The van der Waals surface area contributed by atoms with Gasteiger partial charge in [-0.2, -0.15) is 18.2 Å². The Kier molecular flexibility index (Phi) is 6.02. The summed E-state index contributed by atoms with van der Waals surface area (Å²) >= 11 is 0. The van der Waals surface area contributed by atoms with Crippen LogP contribution in [0.4, 0.5) is 30.6 Å². The van der Waals surface area contributed by atoms with E-state index in [0.717, 1.165) is 25.2 Å². The van der Waals surface area contributed by atoms with Gasteiger partial charge in [0, 0.05) is 13.1 Å². The molecule has 3 heterocycles. The van der Waals surface area contributed by atoms with E-state index in [-0.39, 0.29) is 35.6 Å². The van der Waals surface area contributed by atoms with Crippen molar-refractivity contribution in [2.45, 2.75) is 51.9 Å². The van der Waals surface area contributed by atoms with Gasteiger partial charge in [-0.05, 0) is 31.6 Å². The highest BCUT2D eigenvalue weighted by molar-refractivity contribution is 6.03. The van der Waals surface area contributed by atoms with Crippen molar-refractivity contribution in [3.63, 3.8) is 0 Å². The number of aromatic nitrogens is 4. The Morgan fingerprint density at radius 1 is 1.24 bits per heavy atom. The Bertz CT molecular complexity index is 1020. The van der Waals surface area contributed by atoms with Crippen molar-refractivity contribution in [1.29, 1.82) is 0 Å². The largest absolute Gasteiger partial charge is 0.490 e. The standard InChI is InChI=1S/C21H26F3N7O2/c1-10(2)16-18(32)29-15-11(3)27-20(30-17(15)31(16)4)28-13-5-12(6-13)9-33-14-7-25-19(26-8-14)21(22,23)24/h7-8,10,12-13,16H,5-6,9H2,1-4H3,(H,29,32)(H,27,28,30). The summed E-state index contributed by atoms with van der Waals surface area (Å²) in [5.41, 5.74) is 1.31. The van der Waals surface area contributed by atoms with Gasteiger partial charge in [0.25, 0.3) is 0 Å². The second-order valence-electron chi connectivity index (χ2n) is 8.85. The molecule has 1 aliphatic carbocycles. The fourth-order valence-corrected chi connectivity index (χ4v) is 4.20. The molecule has 1 atom stereocenters. The third kappa shape index (κ3) is 4.79. The first kappa shape index (κ1) is 23.0. The number of anilines is 3. The maximum Gasteiger partial charge on any atom is 0.451 e. The molecule has 9 nitrogen and oxygen atoms in total. The van der Waals surface area contributed by atoms with Gasteiger partial charge < -0.3 is 20.3 Å². The quantitative estimate of drug-likeness (QED) is 0.670. The second kappa shape index (κ2) is 8.64. The molecule has 0 saturated heterocycles. The lowest BCUT2D eigenvalue weighted by molar-refractivity contribution is -0.145. The summed E-state index contributed by atoms with van der Waals surface area (Å²) in [7, 11) is 1.86. The molecular formula is C21H26F3N7O2. The van der Waals surface area contributed by atoms with Gasteiger partial charge in [-0.15, -0.1) is 0 Å². The van der Waals surface area contributed by atoms with E-state index in [1.807, 2.05) is 32.7 Å². The lowest BCUT2D eigenvalue weighted by atomic mass is 9.81. The minimum atomic E-state index is -4.57. The third-order valence-electron chi connectivity index (χ3n) is 5.91. The summed E-state index contributed by atoms with van der Waals surface area (Å²) in [6, 6.07) is -0.150. The van der Waals surface area contributed by atoms with Crippen molar-refractivity contribution in [2.75, 3.05) is 29.2 Å². The Hall–Kier alpha value is -3.18. The fraction of sp³-hybridized carbons (Fsp3) is 0.571. The van der Waals surface area contributed by atoms with E-state index in [1.54, 1.807) is 0 Å². The number of amides is 1. The van der Waals surface area contributed by atoms with Crippen LogP contribution in [0.2, 0.25) is 0 Å². The SMILES string of the molecule is Cc1nc(NC2CC(COc3cnc(C(F)(F)F)nc3)C2)nc2c1NC(=O)C(C(C)C)N2C. The van der Waals surface area contributed by atoms with Gasteiger partial charge in [0.1, 0.15) is 11.7 Å². The fourth-order valence-electron chi connectivity index (χ4n) is 4.20. The van der Waals surface area contributed by atoms with E-state index >= 15 is 0 Å². The van der Waals surface area contributed by atoms with Gasteiger partial charge in [-0.3, -0.25) is 4.79 Å². The molecule has 2 N–H and O–H groups in total. The molecule has 0 bridgehead atoms. The first-order chi connectivity index (χ1) is 15.5. The van der Waals surface area contributed by atoms with Crippen molar-refractivity contribution in [1.82, 2.24) is 19.9 Å². The van der Waals surface area contributed by atoms with Crippen molar-refractivity contribution >= 4 is 23.4 Å². The highest BCUT2D eigenvalue weighted by atomic mass is 19.4. The Morgan fingerprint density at radius 3 is 2.52 bits per heavy atom. The zero-order valence-corrected chi connectivity index (χ0v) is 18.8. The Morgan fingerprint density at radius 2 is 1.91 bits per heavy atom. The maximum atomic E-state index is 12.5. The normalized spacial score (nSPS) is 22.5. The molecule has 2 aliphatic rings. The first-order valence-electron chi connectivity index (χ1n) is 10.7. The summed E-state index contributed by atoms with van der Waals surface area (Å²) < 4.78 is 43.1. The average Bonchev–Trinajstić information content (AvgIpc) is 2.70. The van der Waals surface area contributed by atoms with E-state index in [1.165, 1.54) is 0 Å². The van der Waals surface area contributed by atoms with Crippen LogP contribution in [-0.2, 0) is 11.0 Å². The molecule has 0 aromatic carbocycles. The average molecular weight is 465 g/mol. The minimum absolute atomic E-state index is 0.0623. The van der Waals surface area contributed by atoms with Gasteiger partial charge in [0.15, 0.2) is 11.6 Å². The molecule has 1 aliphatic heterocycles. The van der Waals surface area contributed by atoms with Crippen LogP contribution in [0, 0.1) is 18.8 Å². The van der Waals surface area contributed by atoms with Crippen molar-refractivity contribution in [3.05, 3.63) is 23.9 Å². The van der Waals surface area contributed by atoms with Crippen LogP contribution in [0.5, 0.6) is 5.75 Å². The van der Waals surface area contributed by atoms with Gasteiger partial charge in [0.2, 0.25) is 17.7 Å². The van der Waals surface area contributed by atoms with Crippen molar-refractivity contribution < 1.29 is 22.7 Å². The molecule has 1 amide bonds. The summed E-state index contributed by atoms with van der Waals surface area (Å²) in [5.74, 6) is 0.508. The summed E-state index contributed by atoms with van der Waals surface area (Å²) in [6.45, 7) is 6.18. The number of hydrogen-bond acceptors (Lipinski definition) is 8. The molecule has 178 valence electrons. The number of alkyl halides is 3. The number of aryl methyl sites for hydroxylation is 1. The molecule has 1 fully saturated rings. The number of carbonyl (C=O) groups is 1. The van der Waals surface area contributed by atoms with Crippen LogP contribution in [0.3, 0.4) is 0 Å². The molecular weight excluding hydrogens is 439 g/mol. The highest BCUT2D eigenvalue weighted by Crippen LogP contribution is 2.36. The molecule has 2 aromatic heterocycles. The topological polar surface area (TPSA) is 105 Å². The third-order valence-corrected chi connectivity index (χ3v) is 5.91. The van der Waals surface area contributed by atoms with Gasteiger partial charge in [-0.1, -0.05) is 13.8 Å². The van der Waals surface area contributed by atoms with E-state index in [9.17, 15) is 18.0 Å². The van der Waals surface area contributed by atoms with E-state index in [4.69, 9.17) is 4.74 Å². The van der Waals surface area contributed by atoms with Crippen LogP contribution in [0.1, 0.15) is 38.2 Å². The zero-order chi connectivity index (χ0) is 23.9. The number of likely N-dealkylation sites (N-methyl/N-ethyl adjacent to an activating group) is 1. The predicted octanol–water partition coefficient (Wildman–Crippen LogP) is 3.28. The number of halogens is 3. The number of carbonyl (C=O) groups excluding carboxylic acids is 1. The van der Waals surface area contributed by atoms with Crippen LogP contribution < -0.4 is 20.3 Å². The molecule has 0 radical (unpaired) electrons. The van der Waals surface area contributed by atoms with E-state index in [0.29, 0.717) is 29.8 Å². The lowest BCUT2D eigenvalue weighted by Crippen LogP contribution is -2.50. The van der Waals surface area contributed by atoms with Crippen LogP contribution in [0.25, 0.3) is 0 Å². The molecule has 0 spiro atoms. The summed E-state index contributed by atoms with van der Waals surface area (Å²) in [6.07, 6.45) is -0.885. The number of nitrogens with one attached hydrogen (secondary N) is 2. The Labute approximate surface area is 189 Å². The second-order valence-corrected chi connectivity index (χ2v) is 8.85. The van der Waals surface area contributed by atoms with Gasteiger partial charge >= 0.3 is 6.18 Å². The number of rotatable bonds is 6. The predicted molar refractivity (Wildman–Crippen MR) is 115 cm³/mol. The molecule has 33 heavy (non-hydrogen) atoms. The number of nitrogens with zero attached hydrogens (tertiary/aromatic N) is 5. The van der Waals surface area contributed by atoms with Crippen LogP contribution in [-0.4, -0.2) is 51.6 Å². The van der Waals surface area contributed by atoms with E-state index in [2.05, 4.69) is 30.6 Å².